The van der Waals surface area contributed by atoms with Crippen molar-refractivity contribution in [2.24, 2.45) is 5.73 Å². The second-order valence-corrected chi connectivity index (χ2v) is 4.24. The fraction of sp³-hybridized carbons (Fsp3) is 0.462. The molecule has 0 aromatic heterocycles. The van der Waals surface area contributed by atoms with Crippen LogP contribution < -0.4 is 10.5 Å². The minimum absolute atomic E-state index is 0.0671. The second-order valence-electron chi connectivity index (χ2n) is 4.24. The quantitative estimate of drug-likeness (QED) is 0.823. The van der Waals surface area contributed by atoms with Crippen molar-refractivity contribution in [1.82, 2.24) is 0 Å². The van der Waals surface area contributed by atoms with Crippen molar-refractivity contribution in [3.8, 4) is 5.75 Å². The molecule has 3 N–H and O–H groups in total. The summed E-state index contributed by atoms with van der Waals surface area (Å²) in [6.07, 6.45) is 0.479. The normalized spacial score (nSPS) is 12.2. The summed E-state index contributed by atoms with van der Waals surface area (Å²) in [5.41, 5.74) is 9.08. The average Bonchev–Trinajstić information content (AvgIpc) is 2.24. The minimum atomic E-state index is -0.829. The molecule has 0 saturated heterocycles. The predicted molar refractivity (Wildman–Crippen MR) is 66.3 cm³/mol. The molecule has 1 unspecified atom stereocenters. The molecular formula is C13H19NO3. The first-order valence-electron chi connectivity index (χ1n) is 5.58. The number of aliphatic carboxylic acids is 1. The van der Waals surface area contributed by atoms with Crippen LogP contribution in [0.15, 0.2) is 12.1 Å². The highest BCUT2D eigenvalue weighted by atomic mass is 16.5. The highest BCUT2D eigenvalue weighted by Gasteiger charge is 2.16. The van der Waals surface area contributed by atoms with Crippen LogP contribution in [0.25, 0.3) is 0 Å². The van der Waals surface area contributed by atoms with Gasteiger partial charge in [0.1, 0.15) is 5.75 Å². The zero-order chi connectivity index (χ0) is 13.0. The van der Waals surface area contributed by atoms with Gasteiger partial charge in [-0.2, -0.15) is 0 Å². The van der Waals surface area contributed by atoms with Gasteiger partial charge in [0.05, 0.1) is 7.11 Å². The molecule has 0 heterocycles. The third-order valence-electron chi connectivity index (χ3n) is 2.75. The van der Waals surface area contributed by atoms with E-state index in [9.17, 15) is 4.79 Å². The molecule has 0 fully saturated rings. The van der Waals surface area contributed by atoms with E-state index in [-0.39, 0.29) is 12.5 Å². The maximum atomic E-state index is 10.5. The summed E-state index contributed by atoms with van der Waals surface area (Å²) < 4.78 is 5.31. The average molecular weight is 237 g/mol. The minimum Gasteiger partial charge on any atom is -0.496 e. The Morgan fingerprint density at radius 3 is 2.65 bits per heavy atom. The molecule has 0 spiro atoms. The highest BCUT2D eigenvalue weighted by Crippen LogP contribution is 2.30. The number of ether oxygens (including phenoxy) is 1. The summed E-state index contributed by atoms with van der Waals surface area (Å²) in [4.78, 5) is 10.5. The van der Waals surface area contributed by atoms with E-state index in [4.69, 9.17) is 15.6 Å². The van der Waals surface area contributed by atoms with E-state index < -0.39 is 5.97 Å². The predicted octanol–water partition coefficient (Wildman–Crippen LogP) is 2.18. The Bertz CT molecular complexity index is 415. The van der Waals surface area contributed by atoms with Crippen molar-refractivity contribution in [3.63, 3.8) is 0 Å². The highest BCUT2D eigenvalue weighted by molar-refractivity contribution is 5.66. The largest absolute Gasteiger partial charge is 0.496 e. The summed E-state index contributed by atoms with van der Waals surface area (Å²) in [7, 11) is 1.60. The van der Waals surface area contributed by atoms with Crippen LogP contribution in [0, 0.1) is 13.8 Å². The van der Waals surface area contributed by atoms with Crippen LogP contribution in [0.2, 0.25) is 0 Å². The van der Waals surface area contributed by atoms with E-state index in [0.717, 1.165) is 22.4 Å². The van der Waals surface area contributed by atoms with Crippen LogP contribution in [-0.2, 0) is 4.79 Å². The third-order valence-corrected chi connectivity index (χ3v) is 2.75. The van der Waals surface area contributed by atoms with E-state index >= 15 is 0 Å². The molecule has 1 atom stereocenters. The number of carbonyl (C=O) groups is 1. The van der Waals surface area contributed by atoms with Crippen LogP contribution in [-0.4, -0.2) is 18.2 Å². The van der Waals surface area contributed by atoms with Gasteiger partial charge >= 0.3 is 5.97 Å². The molecule has 0 bridgehead atoms. The molecule has 0 saturated carbocycles. The van der Waals surface area contributed by atoms with Gasteiger partial charge in [0, 0.05) is 18.0 Å². The Morgan fingerprint density at radius 2 is 2.12 bits per heavy atom. The van der Waals surface area contributed by atoms with Gasteiger partial charge in [-0.25, -0.2) is 0 Å². The fourth-order valence-corrected chi connectivity index (χ4v) is 2.01. The number of benzene rings is 1. The number of aryl methyl sites for hydroxylation is 2. The monoisotopic (exact) mass is 237 g/mol. The Hall–Kier alpha value is -1.55. The lowest BCUT2D eigenvalue weighted by molar-refractivity contribution is -0.137. The van der Waals surface area contributed by atoms with Gasteiger partial charge in [0.2, 0.25) is 0 Å². The van der Waals surface area contributed by atoms with E-state index in [1.54, 1.807) is 7.11 Å². The topological polar surface area (TPSA) is 72.5 Å². The maximum absolute atomic E-state index is 10.5. The molecule has 0 aliphatic rings. The second kappa shape index (κ2) is 5.68. The molecule has 0 aliphatic carbocycles. The Kier molecular flexibility index (Phi) is 4.52. The number of hydrogen-bond acceptors (Lipinski definition) is 3. The van der Waals surface area contributed by atoms with Crippen molar-refractivity contribution in [3.05, 3.63) is 28.8 Å². The van der Waals surface area contributed by atoms with E-state index in [1.165, 1.54) is 0 Å². The Morgan fingerprint density at radius 1 is 1.47 bits per heavy atom. The van der Waals surface area contributed by atoms with Crippen molar-refractivity contribution >= 4 is 5.97 Å². The molecule has 1 aromatic rings. The lowest BCUT2D eigenvalue weighted by atomic mass is 9.95. The van der Waals surface area contributed by atoms with Gasteiger partial charge in [0.15, 0.2) is 0 Å². The first kappa shape index (κ1) is 13.5. The van der Waals surface area contributed by atoms with Gasteiger partial charge in [-0.15, -0.1) is 0 Å². The molecule has 0 radical (unpaired) electrons. The molecule has 17 heavy (non-hydrogen) atoms. The van der Waals surface area contributed by atoms with Crippen LogP contribution in [0.1, 0.15) is 35.6 Å². The Labute approximate surface area is 101 Å². The zero-order valence-electron chi connectivity index (χ0n) is 10.5. The molecule has 4 heteroatoms. The fourth-order valence-electron chi connectivity index (χ4n) is 2.01. The molecule has 4 nitrogen and oxygen atoms in total. The van der Waals surface area contributed by atoms with Crippen LogP contribution >= 0.6 is 0 Å². The molecule has 0 aliphatic heterocycles. The van der Waals surface area contributed by atoms with Crippen molar-refractivity contribution in [1.29, 1.82) is 0 Å². The van der Waals surface area contributed by atoms with E-state index in [1.807, 2.05) is 26.0 Å². The molecule has 1 aromatic carbocycles. The molecule has 1 rings (SSSR count). The Balaban J connectivity index is 2.99. The third kappa shape index (κ3) is 3.46. The SMILES string of the molecule is COc1cc(C)cc(C)c1C(N)CCC(=O)O. The van der Waals surface area contributed by atoms with E-state index in [2.05, 4.69) is 0 Å². The number of rotatable bonds is 5. The maximum Gasteiger partial charge on any atom is 0.303 e. The number of carboxylic acid groups (broad SMARTS) is 1. The summed E-state index contributed by atoms with van der Waals surface area (Å²) in [5.74, 6) is -0.0930. The molecule has 94 valence electrons. The van der Waals surface area contributed by atoms with Gasteiger partial charge < -0.3 is 15.6 Å². The number of hydrogen-bond donors (Lipinski definition) is 2. The van der Waals surface area contributed by atoms with Crippen LogP contribution in [0.5, 0.6) is 5.75 Å². The van der Waals surface area contributed by atoms with Crippen LogP contribution in [0.3, 0.4) is 0 Å². The van der Waals surface area contributed by atoms with Gasteiger partial charge in [0.25, 0.3) is 0 Å². The van der Waals surface area contributed by atoms with Crippen molar-refractivity contribution in [2.45, 2.75) is 32.7 Å². The summed E-state index contributed by atoms with van der Waals surface area (Å²) in [5, 5.41) is 8.66. The van der Waals surface area contributed by atoms with Crippen molar-refractivity contribution in [2.75, 3.05) is 7.11 Å². The number of nitrogens with two attached hydrogens (primary N) is 1. The molecular weight excluding hydrogens is 218 g/mol. The lowest BCUT2D eigenvalue weighted by Crippen LogP contribution is -2.15. The van der Waals surface area contributed by atoms with Gasteiger partial charge in [-0.05, 0) is 37.5 Å². The number of methoxy groups -OCH3 is 1. The van der Waals surface area contributed by atoms with Gasteiger partial charge in [-0.1, -0.05) is 6.07 Å². The first-order chi connectivity index (χ1) is 7.95. The van der Waals surface area contributed by atoms with Gasteiger partial charge in [-0.3, -0.25) is 4.79 Å². The summed E-state index contributed by atoms with van der Waals surface area (Å²) >= 11 is 0. The standard InChI is InChI=1S/C13H19NO3/c1-8-6-9(2)13(11(7-8)17-3)10(14)4-5-12(15)16/h6-7,10H,4-5,14H2,1-3H3,(H,15,16). The van der Waals surface area contributed by atoms with E-state index in [0.29, 0.717) is 6.42 Å². The number of carboxylic acids is 1. The van der Waals surface area contributed by atoms with Crippen LogP contribution in [0.4, 0.5) is 0 Å². The summed E-state index contributed by atoms with van der Waals surface area (Å²) in [6, 6.07) is 3.64. The van der Waals surface area contributed by atoms with Crippen molar-refractivity contribution < 1.29 is 14.6 Å². The summed E-state index contributed by atoms with van der Waals surface area (Å²) in [6.45, 7) is 3.95. The smallest absolute Gasteiger partial charge is 0.303 e. The lowest BCUT2D eigenvalue weighted by Gasteiger charge is -2.18. The molecule has 0 amide bonds. The zero-order valence-corrected chi connectivity index (χ0v) is 10.5. The first-order valence-corrected chi connectivity index (χ1v) is 5.58.